The van der Waals surface area contributed by atoms with E-state index in [1.807, 2.05) is 0 Å². The molecule has 0 aliphatic heterocycles. The Labute approximate surface area is 115 Å². The highest BCUT2D eigenvalue weighted by Crippen LogP contribution is 2.20. The van der Waals surface area contributed by atoms with Crippen LogP contribution in [-0.4, -0.2) is 39.8 Å². The number of hydrogen-bond acceptors (Lipinski definition) is 8. The molecule has 0 aliphatic carbocycles. The lowest BCUT2D eigenvalue weighted by Crippen LogP contribution is -2.13. The molecule has 2 heterocycles. The Morgan fingerprint density at radius 2 is 2.25 bits per heavy atom. The van der Waals surface area contributed by atoms with Gasteiger partial charge in [0.25, 0.3) is 0 Å². The molecule has 0 saturated carbocycles. The summed E-state index contributed by atoms with van der Waals surface area (Å²) < 4.78 is 14.9. The molecule has 0 fully saturated rings. The Kier molecular flexibility index (Phi) is 4.24. The van der Waals surface area contributed by atoms with Gasteiger partial charge in [0.1, 0.15) is 17.9 Å². The van der Waals surface area contributed by atoms with Gasteiger partial charge in [0, 0.05) is 6.07 Å². The summed E-state index contributed by atoms with van der Waals surface area (Å²) in [5, 5.41) is 3.79. The molecule has 1 unspecified atom stereocenters. The molecule has 0 saturated heterocycles. The van der Waals surface area contributed by atoms with Crippen LogP contribution in [0.4, 0.5) is 0 Å². The molecule has 0 N–H and O–H groups in total. The molecule has 0 aromatic carbocycles. The Bertz CT molecular complexity index is 599. The zero-order valence-corrected chi connectivity index (χ0v) is 11.4. The standard InChI is InChI=1S/C12H14N4O4/c1-4-19-12(17)7(2)11-15-10(16-20-11)8-5-9(18-3)14-6-13-8/h5-7H,4H2,1-3H3. The van der Waals surface area contributed by atoms with Crippen LogP contribution >= 0.6 is 0 Å². The number of hydrogen-bond donors (Lipinski definition) is 0. The van der Waals surface area contributed by atoms with Crippen LogP contribution in [0, 0.1) is 0 Å². The summed E-state index contributed by atoms with van der Waals surface area (Å²) in [5.41, 5.74) is 0.447. The molecule has 0 bridgehead atoms. The number of carbonyl (C=O) groups excluding carboxylic acids is 1. The van der Waals surface area contributed by atoms with Crippen LogP contribution in [0.5, 0.6) is 5.88 Å². The van der Waals surface area contributed by atoms with Gasteiger partial charge in [-0.1, -0.05) is 5.16 Å². The second-order valence-corrected chi connectivity index (χ2v) is 3.88. The van der Waals surface area contributed by atoms with Crippen molar-refractivity contribution in [3.8, 4) is 17.4 Å². The minimum atomic E-state index is -0.625. The highest BCUT2D eigenvalue weighted by Gasteiger charge is 2.23. The van der Waals surface area contributed by atoms with Gasteiger partial charge in [-0.3, -0.25) is 4.79 Å². The van der Waals surface area contributed by atoms with E-state index in [4.69, 9.17) is 14.0 Å². The third-order valence-electron chi connectivity index (χ3n) is 2.53. The quantitative estimate of drug-likeness (QED) is 0.752. The summed E-state index contributed by atoms with van der Waals surface area (Å²) in [5.74, 6) is -0.212. The lowest BCUT2D eigenvalue weighted by molar-refractivity contribution is -0.145. The molecule has 8 heteroatoms. The Morgan fingerprint density at radius 3 is 2.95 bits per heavy atom. The Balaban J connectivity index is 2.21. The molecule has 2 aromatic rings. The molecule has 0 radical (unpaired) electrons. The van der Waals surface area contributed by atoms with E-state index in [0.717, 1.165) is 0 Å². The van der Waals surface area contributed by atoms with Gasteiger partial charge in [-0.25, -0.2) is 9.97 Å². The first kappa shape index (κ1) is 13.9. The monoisotopic (exact) mass is 278 g/mol. The van der Waals surface area contributed by atoms with Gasteiger partial charge in [-0.15, -0.1) is 0 Å². The zero-order valence-electron chi connectivity index (χ0n) is 11.4. The number of ether oxygens (including phenoxy) is 2. The van der Waals surface area contributed by atoms with E-state index < -0.39 is 11.9 Å². The molecule has 8 nitrogen and oxygen atoms in total. The zero-order chi connectivity index (χ0) is 14.5. The normalized spacial score (nSPS) is 11.9. The van der Waals surface area contributed by atoms with Crippen LogP contribution in [0.25, 0.3) is 11.5 Å². The van der Waals surface area contributed by atoms with Crippen molar-refractivity contribution in [2.24, 2.45) is 0 Å². The van der Waals surface area contributed by atoms with Crippen LogP contribution in [0.15, 0.2) is 16.9 Å². The van der Waals surface area contributed by atoms with Crippen molar-refractivity contribution in [3.05, 3.63) is 18.3 Å². The third kappa shape index (κ3) is 2.90. The van der Waals surface area contributed by atoms with Crippen molar-refractivity contribution in [3.63, 3.8) is 0 Å². The van der Waals surface area contributed by atoms with Gasteiger partial charge in [0.15, 0.2) is 0 Å². The van der Waals surface area contributed by atoms with E-state index in [2.05, 4.69) is 20.1 Å². The van der Waals surface area contributed by atoms with Gasteiger partial charge in [-0.2, -0.15) is 4.98 Å². The maximum absolute atomic E-state index is 11.6. The number of aromatic nitrogens is 4. The van der Waals surface area contributed by atoms with Gasteiger partial charge in [0.05, 0.1) is 13.7 Å². The van der Waals surface area contributed by atoms with Crippen molar-refractivity contribution in [2.45, 2.75) is 19.8 Å². The van der Waals surface area contributed by atoms with E-state index in [9.17, 15) is 4.79 Å². The smallest absolute Gasteiger partial charge is 0.318 e. The second-order valence-electron chi connectivity index (χ2n) is 3.88. The predicted octanol–water partition coefficient (Wildman–Crippen LogP) is 1.20. The topological polar surface area (TPSA) is 100 Å². The van der Waals surface area contributed by atoms with Gasteiger partial charge < -0.3 is 14.0 Å². The fraction of sp³-hybridized carbons (Fsp3) is 0.417. The van der Waals surface area contributed by atoms with Gasteiger partial charge in [0.2, 0.25) is 17.6 Å². The van der Waals surface area contributed by atoms with Crippen molar-refractivity contribution in [1.29, 1.82) is 0 Å². The molecule has 20 heavy (non-hydrogen) atoms. The highest BCUT2D eigenvalue weighted by molar-refractivity contribution is 5.76. The fourth-order valence-electron chi connectivity index (χ4n) is 1.46. The van der Waals surface area contributed by atoms with Crippen molar-refractivity contribution in [1.82, 2.24) is 20.1 Å². The maximum Gasteiger partial charge on any atom is 0.318 e. The molecule has 1 atom stereocenters. The largest absolute Gasteiger partial charge is 0.481 e. The lowest BCUT2D eigenvalue weighted by Gasteiger charge is -2.04. The van der Waals surface area contributed by atoms with Gasteiger partial charge >= 0.3 is 5.97 Å². The first-order chi connectivity index (χ1) is 9.65. The van der Waals surface area contributed by atoms with Crippen molar-refractivity contribution >= 4 is 5.97 Å². The van der Waals surface area contributed by atoms with Crippen LogP contribution < -0.4 is 4.74 Å². The molecule has 0 amide bonds. The first-order valence-electron chi connectivity index (χ1n) is 6.02. The molecule has 106 valence electrons. The maximum atomic E-state index is 11.6. The first-order valence-corrected chi connectivity index (χ1v) is 6.02. The molecular weight excluding hydrogens is 264 g/mol. The number of methoxy groups -OCH3 is 1. The van der Waals surface area contributed by atoms with Crippen molar-refractivity contribution < 1.29 is 18.8 Å². The number of esters is 1. The van der Waals surface area contributed by atoms with Crippen LogP contribution in [0.2, 0.25) is 0 Å². The second kappa shape index (κ2) is 6.09. The fourth-order valence-corrected chi connectivity index (χ4v) is 1.46. The molecule has 2 rings (SSSR count). The highest BCUT2D eigenvalue weighted by atomic mass is 16.5. The summed E-state index contributed by atoms with van der Waals surface area (Å²) >= 11 is 0. The minimum Gasteiger partial charge on any atom is -0.481 e. The average molecular weight is 278 g/mol. The van der Waals surface area contributed by atoms with E-state index in [-0.39, 0.29) is 11.7 Å². The summed E-state index contributed by atoms with van der Waals surface area (Å²) in [7, 11) is 1.50. The van der Waals surface area contributed by atoms with Gasteiger partial charge in [-0.05, 0) is 13.8 Å². The van der Waals surface area contributed by atoms with E-state index in [1.165, 1.54) is 13.4 Å². The van der Waals surface area contributed by atoms with E-state index in [0.29, 0.717) is 18.2 Å². The molecule has 0 aliphatic rings. The molecule has 0 spiro atoms. The van der Waals surface area contributed by atoms with E-state index >= 15 is 0 Å². The summed E-state index contributed by atoms with van der Waals surface area (Å²) in [6.07, 6.45) is 1.33. The summed E-state index contributed by atoms with van der Waals surface area (Å²) in [6, 6.07) is 1.57. The van der Waals surface area contributed by atoms with Crippen LogP contribution in [-0.2, 0) is 9.53 Å². The van der Waals surface area contributed by atoms with Crippen molar-refractivity contribution in [2.75, 3.05) is 13.7 Å². The van der Waals surface area contributed by atoms with Crippen LogP contribution in [0.3, 0.4) is 0 Å². The SMILES string of the molecule is CCOC(=O)C(C)c1nc(-c2cc(OC)ncn2)no1. The average Bonchev–Trinajstić information content (AvgIpc) is 2.96. The Hall–Kier alpha value is -2.51. The summed E-state index contributed by atoms with van der Waals surface area (Å²) in [4.78, 5) is 23.6. The lowest BCUT2D eigenvalue weighted by atomic mass is 10.2. The number of carbonyl (C=O) groups is 1. The third-order valence-corrected chi connectivity index (χ3v) is 2.53. The summed E-state index contributed by atoms with van der Waals surface area (Å²) in [6.45, 7) is 3.67. The number of nitrogens with zero attached hydrogens (tertiary/aromatic N) is 4. The number of rotatable bonds is 5. The predicted molar refractivity (Wildman–Crippen MR) is 66.9 cm³/mol. The van der Waals surface area contributed by atoms with E-state index in [1.54, 1.807) is 19.9 Å². The molecule has 2 aromatic heterocycles. The minimum absolute atomic E-state index is 0.177. The van der Waals surface area contributed by atoms with Crippen LogP contribution in [0.1, 0.15) is 25.7 Å². The Morgan fingerprint density at radius 1 is 1.45 bits per heavy atom. The molecular formula is C12H14N4O4.